The van der Waals surface area contributed by atoms with Gasteiger partial charge in [-0.3, -0.25) is 4.79 Å². The van der Waals surface area contributed by atoms with E-state index in [9.17, 15) is 4.79 Å². The number of methoxy groups -OCH3 is 1. The number of aromatic nitrogens is 2. The smallest absolute Gasteiger partial charge is 0.233 e. The number of nitrogens with zero attached hydrogens (tertiary/aromatic N) is 3. The molecule has 1 aliphatic heterocycles. The van der Waals surface area contributed by atoms with Crippen molar-refractivity contribution in [2.24, 2.45) is 5.92 Å². The molecule has 1 saturated heterocycles. The summed E-state index contributed by atoms with van der Waals surface area (Å²) in [4.78, 5) is 14.8. The summed E-state index contributed by atoms with van der Waals surface area (Å²) < 4.78 is 5.05. The molecule has 2 heterocycles. The summed E-state index contributed by atoms with van der Waals surface area (Å²) in [5.74, 6) is 1.34. The number of hydrogen-bond donors (Lipinski definition) is 1. The minimum Gasteiger partial charge on any atom is -0.480 e. The molecule has 2 atom stereocenters. The Balaban J connectivity index is 1.61. The van der Waals surface area contributed by atoms with E-state index in [4.69, 9.17) is 4.74 Å². The van der Waals surface area contributed by atoms with Gasteiger partial charge in [0.15, 0.2) is 5.82 Å². The van der Waals surface area contributed by atoms with Gasteiger partial charge in [-0.05, 0) is 31.4 Å². The van der Waals surface area contributed by atoms with E-state index in [1.165, 1.54) is 0 Å². The lowest BCUT2D eigenvalue weighted by atomic mass is 9.96. The van der Waals surface area contributed by atoms with E-state index in [-0.39, 0.29) is 17.9 Å². The summed E-state index contributed by atoms with van der Waals surface area (Å²) >= 11 is 0. The number of benzene rings is 1. The van der Waals surface area contributed by atoms with Crippen molar-refractivity contribution in [2.75, 3.05) is 25.1 Å². The minimum absolute atomic E-state index is 0.00450. The second-order valence-electron chi connectivity index (χ2n) is 6.36. The van der Waals surface area contributed by atoms with E-state index in [2.05, 4.69) is 20.4 Å². The summed E-state index contributed by atoms with van der Waals surface area (Å²) in [5.41, 5.74) is 1.12. The lowest BCUT2D eigenvalue weighted by Crippen LogP contribution is -2.44. The van der Waals surface area contributed by atoms with Crippen LogP contribution in [0.2, 0.25) is 0 Å². The molecule has 1 aromatic heterocycles. The Morgan fingerprint density at radius 3 is 2.72 bits per heavy atom. The Morgan fingerprint density at radius 2 is 2.04 bits per heavy atom. The fourth-order valence-electron chi connectivity index (χ4n) is 3.15. The maximum absolute atomic E-state index is 12.7. The number of hydrogen-bond acceptors (Lipinski definition) is 5. The zero-order valence-electron chi connectivity index (χ0n) is 14.7. The van der Waals surface area contributed by atoms with Crippen LogP contribution in [0.25, 0.3) is 0 Å². The van der Waals surface area contributed by atoms with Gasteiger partial charge >= 0.3 is 0 Å². The van der Waals surface area contributed by atoms with Crippen molar-refractivity contribution >= 4 is 11.7 Å². The molecular weight excluding hydrogens is 316 g/mol. The first-order valence-corrected chi connectivity index (χ1v) is 8.65. The molecule has 0 bridgehead atoms. The van der Waals surface area contributed by atoms with Crippen LogP contribution in [-0.4, -0.2) is 36.3 Å². The molecule has 3 rings (SSSR count). The molecule has 6 heteroatoms. The van der Waals surface area contributed by atoms with Gasteiger partial charge in [0.2, 0.25) is 11.8 Å². The van der Waals surface area contributed by atoms with Gasteiger partial charge in [-0.15, -0.1) is 10.2 Å². The van der Waals surface area contributed by atoms with Crippen LogP contribution in [0.15, 0.2) is 42.5 Å². The normalized spacial score (nSPS) is 18.5. The van der Waals surface area contributed by atoms with Crippen molar-refractivity contribution in [3.05, 3.63) is 48.0 Å². The molecule has 0 radical (unpaired) electrons. The van der Waals surface area contributed by atoms with Crippen LogP contribution in [0.5, 0.6) is 5.88 Å². The average molecular weight is 340 g/mol. The summed E-state index contributed by atoms with van der Waals surface area (Å²) in [5, 5.41) is 11.3. The lowest BCUT2D eigenvalue weighted by molar-refractivity contribution is -0.125. The summed E-state index contributed by atoms with van der Waals surface area (Å²) in [6, 6.07) is 13.7. The van der Waals surface area contributed by atoms with Crippen LogP contribution in [0.4, 0.5) is 5.82 Å². The van der Waals surface area contributed by atoms with Crippen molar-refractivity contribution in [1.82, 2.24) is 15.5 Å². The zero-order valence-corrected chi connectivity index (χ0v) is 14.7. The third-order valence-corrected chi connectivity index (χ3v) is 4.61. The maximum Gasteiger partial charge on any atom is 0.233 e. The minimum atomic E-state index is -0.0381. The number of carbonyl (C=O) groups is 1. The molecule has 25 heavy (non-hydrogen) atoms. The third-order valence-electron chi connectivity index (χ3n) is 4.61. The first kappa shape index (κ1) is 17.2. The molecular formula is C19H24N4O2. The summed E-state index contributed by atoms with van der Waals surface area (Å²) in [6.45, 7) is 3.57. The first-order chi connectivity index (χ1) is 12.2. The van der Waals surface area contributed by atoms with E-state index < -0.39 is 0 Å². The highest BCUT2D eigenvalue weighted by Gasteiger charge is 2.27. The summed E-state index contributed by atoms with van der Waals surface area (Å²) in [7, 11) is 1.57. The van der Waals surface area contributed by atoms with Gasteiger partial charge in [-0.2, -0.15) is 0 Å². The average Bonchev–Trinajstić information content (AvgIpc) is 2.68. The monoisotopic (exact) mass is 340 g/mol. The number of rotatable bonds is 5. The lowest BCUT2D eigenvalue weighted by Gasteiger charge is -2.33. The van der Waals surface area contributed by atoms with Crippen molar-refractivity contribution < 1.29 is 9.53 Å². The summed E-state index contributed by atoms with van der Waals surface area (Å²) in [6.07, 6.45) is 1.86. The predicted molar refractivity (Wildman–Crippen MR) is 96.5 cm³/mol. The molecule has 2 aromatic rings. The fourth-order valence-corrected chi connectivity index (χ4v) is 3.15. The first-order valence-electron chi connectivity index (χ1n) is 8.65. The van der Waals surface area contributed by atoms with Gasteiger partial charge < -0.3 is 15.0 Å². The Labute approximate surface area is 148 Å². The molecule has 1 fully saturated rings. The molecule has 1 amide bonds. The molecule has 0 unspecified atom stereocenters. The van der Waals surface area contributed by atoms with Crippen molar-refractivity contribution in [1.29, 1.82) is 0 Å². The van der Waals surface area contributed by atoms with Crippen LogP contribution < -0.4 is 15.0 Å². The zero-order chi connectivity index (χ0) is 17.6. The maximum atomic E-state index is 12.7. The standard InChI is InChI=1S/C19H24N4O2/c1-14(15-7-4-3-5-8-15)20-19(24)16-9-6-12-23(13-16)17-10-11-18(25-2)22-21-17/h3-5,7-8,10-11,14,16H,6,9,12-13H2,1-2H3,(H,20,24)/t14-,16+/m1/s1. The van der Waals surface area contributed by atoms with Gasteiger partial charge in [0.1, 0.15) is 0 Å². The number of carbonyl (C=O) groups excluding carboxylic acids is 1. The molecule has 1 aromatic carbocycles. The van der Waals surface area contributed by atoms with Gasteiger partial charge in [0.25, 0.3) is 0 Å². The highest BCUT2D eigenvalue weighted by atomic mass is 16.5. The number of anilines is 1. The third kappa shape index (κ3) is 4.26. The number of amides is 1. The predicted octanol–water partition coefficient (Wildman–Crippen LogP) is 2.58. The molecule has 1 N–H and O–H groups in total. The second kappa shape index (κ2) is 7.96. The van der Waals surface area contributed by atoms with Gasteiger partial charge in [0, 0.05) is 19.2 Å². The molecule has 132 valence electrons. The largest absolute Gasteiger partial charge is 0.480 e. The highest BCUT2D eigenvalue weighted by Crippen LogP contribution is 2.23. The van der Waals surface area contributed by atoms with Crippen molar-refractivity contribution in [2.45, 2.75) is 25.8 Å². The number of ether oxygens (including phenoxy) is 1. The Hall–Kier alpha value is -2.63. The molecule has 1 aliphatic rings. The number of piperidine rings is 1. The van der Waals surface area contributed by atoms with E-state index in [1.54, 1.807) is 13.2 Å². The van der Waals surface area contributed by atoms with E-state index in [0.717, 1.165) is 30.8 Å². The Bertz CT molecular complexity index is 690. The quantitative estimate of drug-likeness (QED) is 0.906. The van der Waals surface area contributed by atoms with E-state index in [1.807, 2.05) is 43.3 Å². The van der Waals surface area contributed by atoms with Crippen molar-refractivity contribution in [3.63, 3.8) is 0 Å². The van der Waals surface area contributed by atoms with Gasteiger partial charge in [-0.25, -0.2) is 0 Å². The van der Waals surface area contributed by atoms with E-state index >= 15 is 0 Å². The topological polar surface area (TPSA) is 67.3 Å². The van der Waals surface area contributed by atoms with Gasteiger partial charge in [-0.1, -0.05) is 30.3 Å². The number of nitrogens with one attached hydrogen (secondary N) is 1. The molecule has 0 spiro atoms. The van der Waals surface area contributed by atoms with E-state index in [0.29, 0.717) is 12.4 Å². The van der Waals surface area contributed by atoms with Crippen LogP contribution in [-0.2, 0) is 4.79 Å². The SMILES string of the molecule is COc1ccc(N2CCC[C@H](C(=O)N[C@H](C)c3ccccc3)C2)nn1. The van der Waals surface area contributed by atoms with Crippen LogP contribution in [0.3, 0.4) is 0 Å². The van der Waals surface area contributed by atoms with Crippen molar-refractivity contribution in [3.8, 4) is 5.88 Å². The Morgan fingerprint density at radius 1 is 1.24 bits per heavy atom. The van der Waals surface area contributed by atoms with Crippen LogP contribution in [0.1, 0.15) is 31.4 Å². The second-order valence-corrected chi connectivity index (χ2v) is 6.36. The highest BCUT2D eigenvalue weighted by molar-refractivity contribution is 5.80. The van der Waals surface area contributed by atoms with Crippen LogP contribution >= 0.6 is 0 Å². The molecule has 6 nitrogen and oxygen atoms in total. The molecule has 0 aliphatic carbocycles. The van der Waals surface area contributed by atoms with Gasteiger partial charge in [0.05, 0.1) is 19.1 Å². The van der Waals surface area contributed by atoms with Crippen LogP contribution in [0, 0.1) is 5.92 Å². The Kier molecular flexibility index (Phi) is 5.48. The molecule has 0 saturated carbocycles. The fraction of sp³-hybridized carbons (Fsp3) is 0.421.